The molecular formula is C21H18ClNO3S. The molecule has 4 nitrogen and oxygen atoms in total. The van der Waals surface area contributed by atoms with Gasteiger partial charge in [0, 0.05) is 17.1 Å². The summed E-state index contributed by atoms with van der Waals surface area (Å²) in [4.78, 5) is 12.5. The zero-order chi connectivity index (χ0) is 19.3. The maximum Gasteiger partial charge on any atom is 0.251 e. The molecule has 6 heteroatoms. The number of nitrogens with one attached hydrogen (secondary N) is 1. The van der Waals surface area contributed by atoms with Gasteiger partial charge in [-0.25, -0.2) is 8.42 Å². The van der Waals surface area contributed by atoms with Crippen LogP contribution in [0.1, 0.15) is 21.5 Å². The lowest BCUT2D eigenvalue weighted by molar-refractivity contribution is 0.0951. The van der Waals surface area contributed by atoms with Gasteiger partial charge in [0.05, 0.1) is 10.6 Å². The molecule has 138 valence electrons. The fourth-order valence-corrected chi connectivity index (χ4v) is 4.20. The van der Waals surface area contributed by atoms with E-state index in [9.17, 15) is 13.2 Å². The van der Waals surface area contributed by atoms with Gasteiger partial charge in [-0.05, 0) is 47.5 Å². The molecule has 0 aliphatic heterocycles. The second-order valence-corrected chi connectivity index (χ2v) is 8.51. The first-order chi connectivity index (χ1) is 12.9. The topological polar surface area (TPSA) is 63.2 Å². The highest BCUT2D eigenvalue weighted by Crippen LogP contribution is 2.17. The Morgan fingerprint density at radius 2 is 1.56 bits per heavy atom. The number of carbonyl (C=O) groups is 1. The van der Waals surface area contributed by atoms with Crippen molar-refractivity contribution in [3.8, 4) is 0 Å². The number of hydrogen-bond donors (Lipinski definition) is 1. The van der Waals surface area contributed by atoms with Crippen molar-refractivity contribution in [2.45, 2.75) is 17.2 Å². The van der Waals surface area contributed by atoms with E-state index in [4.69, 9.17) is 11.6 Å². The van der Waals surface area contributed by atoms with E-state index >= 15 is 0 Å². The molecule has 0 aromatic heterocycles. The van der Waals surface area contributed by atoms with E-state index in [-0.39, 0.29) is 16.6 Å². The Balaban J connectivity index is 1.63. The third kappa shape index (κ3) is 5.18. The molecule has 0 saturated carbocycles. The van der Waals surface area contributed by atoms with E-state index < -0.39 is 9.84 Å². The number of rotatable bonds is 6. The van der Waals surface area contributed by atoms with Crippen LogP contribution < -0.4 is 5.32 Å². The lowest BCUT2D eigenvalue weighted by Crippen LogP contribution is -2.22. The summed E-state index contributed by atoms with van der Waals surface area (Å²) < 4.78 is 24.8. The van der Waals surface area contributed by atoms with Gasteiger partial charge in [-0.15, -0.1) is 0 Å². The number of carbonyl (C=O) groups excluding carboxylic acids is 1. The molecule has 3 rings (SSSR count). The predicted molar refractivity (Wildman–Crippen MR) is 106 cm³/mol. The van der Waals surface area contributed by atoms with Crippen LogP contribution in [0.15, 0.2) is 83.8 Å². The van der Waals surface area contributed by atoms with Crippen molar-refractivity contribution < 1.29 is 13.2 Å². The highest BCUT2D eigenvalue weighted by molar-refractivity contribution is 7.90. The van der Waals surface area contributed by atoms with Gasteiger partial charge in [-0.3, -0.25) is 4.79 Å². The summed E-state index contributed by atoms with van der Waals surface area (Å²) in [5, 5.41) is 3.44. The van der Waals surface area contributed by atoms with Crippen LogP contribution in [0, 0.1) is 0 Å². The molecule has 0 saturated heterocycles. The van der Waals surface area contributed by atoms with Gasteiger partial charge in [0.1, 0.15) is 0 Å². The molecular weight excluding hydrogens is 382 g/mol. The predicted octanol–water partition coefficient (Wildman–Crippen LogP) is 4.24. The average Bonchev–Trinajstić information content (AvgIpc) is 2.67. The number of hydrogen-bond acceptors (Lipinski definition) is 3. The van der Waals surface area contributed by atoms with Crippen LogP contribution >= 0.6 is 11.6 Å². The minimum Gasteiger partial charge on any atom is -0.348 e. The molecule has 0 aliphatic carbocycles. The monoisotopic (exact) mass is 399 g/mol. The smallest absolute Gasteiger partial charge is 0.251 e. The number of sulfone groups is 1. The molecule has 0 bridgehead atoms. The van der Waals surface area contributed by atoms with E-state index in [1.54, 1.807) is 66.7 Å². The fraction of sp³-hybridized carbons (Fsp3) is 0.0952. The zero-order valence-electron chi connectivity index (χ0n) is 14.4. The first kappa shape index (κ1) is 19.1. The van der Waals surface area contributed by atoms with Crippen LogP contribution in [0.4, 0.5) is 0 Å². The second kappa shape index (κ2) is 8.37. The lowest BCUT2D eigenvalue weighted by atomic mass is 10.1. The van der Waals surface area contributed by atoms with Crippen molar-refractivity contribution in [2.24, 2.45) is 0 Å². The van der Waals surface area contributed by atoms with Crippen molar-refractivity contribution in [3.63, 3.8) is 0 Å². The summed E-state index contributed by atoms with van der Waals surface area (Å²) >= 11 is 5.93. The standard InChI is InChI=1S/C21H18ClNO3S/c22-19-6-4-5-17(13-19)14-23-21(24)18-11-9-16(10-12-18)15-27(25,26)20-7-2-1-3-8-20/h1-13H,14-15H2,(H,23,24). The first-order valence-electron chi connectivity index (χ1n) is 8.33. The van der Waals surface area contributed by atoms with Gasteiger partial charge in [0.15, 0.2) is 9.84 Å². The van der Waals surface area contributed by atoms with Crippen molar-refractivity contribution in [1.82, 2.24) is 5.32 Å². The molecule has 0 radical (unpaired) electrons. The summed E-state index contributed by atoms with van der Waals surface area (Å²) in [7, 11) is -3.41. The molecule has 1 N–H and O–H groups in total. The van der Waals surface area contributed by atoms with Crippen LogP contribution in [0.25, 0.3) is 0 Å². The highest BCUT2D eigenvalue weighted by Gasteiger charge is 2.15. The minimum absolute atomic E-state index is 0.110. The second-order valence-electron chi connectivity index (χ2n) is 6.08. The maximum atomic E-state index is 12.4. The third-order valence-electron chi connectivity index (χ3n) is 4.02. The summed E-state index contributed by atoms with van der Waals surface area (Å²) in [6.45, 7) is 0.365. The number of halogens is 1. The molecule has 3 aromatic carbocycles. The average molecular weight is 400 g/mol. The van der Waals surface area contributed by atoms with Crippen LogP contribution in [-0.2, 0) is 22.1 Å². The van der Waals surface area contributed by atoms with E-state index in [1.807, 2.05) is 12.1 Å². The summed E-state index contributed by atoms with van der Waals surface area (Å²) in [5.74, 6) is -0.339. The Bertz CT molecular complexity index is 1030. The normalized spacial score (nSPS) is 11.1. The molecule has 0 unspecified atom stereocenters. The molecule has 27 heavy (non-hydrogen) atoms. The quantitative estimate of drug-likeness (QED) is 0.674. The minimum atomic E-state index is -3.41. The van der Waals surface area contributed by atoms with E-state index in [1.165, 1.54) is 0 Å². The van der Waals surface area contributed by atoms with Crippen LogP contribution in [-0.4, -0.2) is 14.3 Å². The molecule has 0 aliphatic rings. The van der Waals surface area contributed by atoms with E-state index in [2.05, 4.69) is 5.32 Å². The molecule has 0 atom stereocenters. The highest BCUT2D eigenvalue weighted by atomic mass is 35.5. The van der Waals surface area contributed by atoms with Crippen LogP contribution in [0.3, 0.4) is 0 Å². The third-order valence-corrected chi connectivity index (χ3v) is 5.96. The Morgan fingerprint density at radius 3 is 2.22 bits per heavy atom. The number of benzene rings is 3. The molecule has 0 spiro atoms. The van der Waals surface area contributed by atoms with Gasteiger partial charge in [0.25, 0.3) is 5.91 Å². The Morgan fingerprint density at radius 1 is 0.852 bits per heavy atom. The van der Waals surface area contributed by atoms with Gasteiger partial charge < -0.3 is 5.32 Å². The van der Waals surface area contributed by atoms with Gasteiger partial charge in [-0.1, -0.05) is 54.1 Å². The van der Waals surface area contributed by atoms with Gasteiger partial charge in [-0.2, -0.15) is 0 Å². The lowest BCUT2D eigenvalue weighted by Gasteiger charge is -2.08. The van der Waals surface area contributed by atoms with Gasteiger partial charge in [0.2, 0.25) is 0 Å². The molecule has 0 heterocycles. The molecule has 0 fully saturated rings. The first-order valence-corrected chi connectivity index (χ1v) is 10.4. The van der Waals surface area contributed by atoms with E-state index in [0.717, 1.165) is 5.56 Å². The Hall–Kier alpha value is -2.63. The number of amides is 1. The van der Waals surface area contributed by atoms with Crippen molar-refractivity contribution in [3.05, 3.63) is 101 Å². The van der Waals surface area contributed by atoms with Crippen LogP contribution in [0.5, 0.6) is 0 Å². The Kier molecular flexibility index (Phi) is 5.94. The molecule has 1 amide bonds. The zero-order valence-corrected chi connectivity index (χ0v) is 16.0. The van der Waals surface area contributed by atoms with Crippen LogP contribution in [0.2, 0.25) is 5.02 Å². The van der Waals surface area contributed by atoms with Crippen molar-refractivity contribution in [2.75, 3.05) is 0 Å². The summed E-state index contributed by atoms with van der Waals surface area (Å²) in [6, 6.07) is 22.2. The summed E-state index contributed by atoms with van der Waals surface area (Å²) in [5.41, 5.74) is 2.00. The Labute approximate surface area is 163 Å². The van der Waals surface area contributed by atoms with Crippen molar-refractivity contribution >= 4 is 27.3 Å². The largest absolute Gasteiger partial charge is 0.348 e. The maximum absolute atomic E-state index is 12.4. The van der Waals surface area contributed by atoms with Crippen molar-refractivity contribution in [1.29, 1.82) is 0 Å². The van der Waals surface area contributed by atoms with Gasteiger partial charge >= 0.3 is 0 Å². The SMILES string of the molecule is O=C(NCc1cccc(Cl)c1)c1ccc(CS(=O)(=O)c2ccccc2)cc1. The van der Waals surface area contributed by atoms with E-state index in [0.29, 0.717) is 22.7 Å². The summed E-state index contributed by atoms with van der Waals surface area (Å²) in [6.07, 6.45) is 0. The fourth-order valence-electron chi connectivity index (χ4n) is 2.61. The molecule has 3 aromatic rings.